The number of hydrogen-bond acceptors (Lipinski definition) is 3. The molecule has 0 aliphatic carbocycles. The zero-order valence-electron chi connectivity index (χ0n) is 7.58. The first-order valence-electron chi connectivity index (χ1n) is 3.92. The van der Waals surface area contributed by atoms with E-state index in [-0.39, 0.29) is 6.54 Å². The lowest BCUT2D eigenvalue weighted by atomic mass is 10.3. The summed E-state index contributed by atoms with van der Waals surface area (Å²) in [5.74, 6) is -0.373. The molecule has 0 saturated heterocycles. The van der Waals surface area contributed by atoms with Crippen molar-refractivity contribution in [3.8, 4) is 5.75 Å². The van der Waals surface area contributed by atoms with Crippen molar-refractivity contribution in [2.45, 2.75) is 0 Å². The lowest BCUT2D eigenvalue weighted by Gasteiger charge is -2.09. The van der Waals surface area contributed by atoms with Gasteiger partial charge >= 0.3 is 5.97 Å². The van der Waals surface area contributed by atoms with Crippen LogP contribution in [0.3, 0.4) is 0 Å². The van der Waals surface area contributed by atoms with Gasteiger partial charge in [0.1, 0.15) is 12.3 Å². The number of rotatable bonds is 4. The molecule has 1 aromatic rings. The van der Waals surface area contributed by atoms with Crippen LogP contribution >= 0.6 is 11.6 Å². The summed E-state index contributed by atoms with van der Waals surface area (Å²) in [6.45, 7) is -0.170. The maximum atomic E-state index is 10.3. The quantitative estimate of drug-likeness (QED) is 0.805. The summed E-state index contributed by atoms with van der Waals surface area (Å²) in [4.78, 5) is 10.3. The van der Waals surface area contributed by atoms with Crippen molar-refractivity contribution in [1.82, 2.24) is 0 Å². The fourth-order valence-electron chi connectivity index (χ4n) is 0.989. The second kappa shape index (κ2) is 4.72. The van der Waals surface area contributed by atoms with E-state index in [0.29, 0.717) is 16.5 Å². The van der Waals surface area contributed by atoms with Crippen molar-refractivity contribution < 1.29 is 14.6 Å². The molecule has 4 nitrogen and oxygen atoms in total. The van der Waals surface area contributed by atoms with Crippen molar-refractivity contribution in [2.75, 3.05) is 19.0 Å². The van der Waals surface area contributed by atoms with Crippen molar-refractivity contribution in [1.29, 1.82) is 0 Å². The molecule has 5 heteroatoms. The second-order valence-corrected chi connectivity index (χ2v) is 3.03. The minimum atomic E-state index is -0.938. The highest BCUT2D eigenvalue weighted by atomic mass is 35.5. The SMILES string of the molecule is COc1ccc(Cl)cc1NCC(=O)O. The van der Waals surface area contributed by atoms with E-state index < -0.39 is 5.97 Å². The number of methoxy groups -OCH3 is 1. The Labute approximate surface area is 86.4 Å². The van der Waals surface area contributed by atoms with Gasteiger partial charge < -0.3 is 15.2 Å². The van der Waals surface area contributed by atoms with Crippen LogP contribution in [-0.4, -0.2) is 24.7 Å². The lowest BCUT2D eigenvalue weighted by molar-refractivity contribution is -0.134. The lowest BCUT2D eigenvalue weighted by Crippen LogP contribution is -2.12. The van der Waals surface area contributed by atoms with E-state index in [4.69, 9.17) is 21.4 Å². The Bertz CT molecular complexity index is 341. The van der Waals surface area contributed by atoms with Gasteiger partial charge in [0.05, 0.1) is 12.8 Å². The molecule has 0 radical (unpaired) electrons. The highest BCUT2D eigenvalue weighted by Crippen LogP contribution is 2.27. The molecule has 0 atom stereocenters. The Kier molecular flexibility index (Phi) is 3.59. The molecular formula is C9H10ClNO3. The molecule has 0 saturated carbocycles. The van der Waals surface area contributed by atoms with Crippen LogP contribution in [0.25, 0.3) is 0 Å². The summed E-state index contributed by atoms with van der Waals surface area (Å²) < 4.78 is 5.02. The number of benzene rings is 1. The van der Waals surface area contributed by atoms with Crippen LogP contribution in [0.2, 0.25) is 5.02 Å². The molecule has 0 aliphatic rings. The number of aliphatic carboxylic acids is 1. The number of anilines is 1. The predicted molar refractivity (Wildman–Crippen MR) is 54.1 cm³/mol. The van der Waals surface area contributed by atoms with Crippen LogP contribution < -0.4 is 10.1 Å². The van der Waals surface area contributed by atoms with Crippen LogP contribution in [0.1, 0.15) is 0 Å². The normalized spacial score (nSPS) is 9.57. The summed E-state index contributed by atoms with van der Waals surface area (Å²) in [6, 6.07) is 4.96. The van der Waals surface area contributed by atoms with E-state index in [1.54, 1.807) is 18.2 Å². The van der Waals surface area contributed by atoms with Gasteiger partial charge in [0, 0.05) is 5.02 Å². The molecule has 0 fully saturated rings. The Morgan fingerprint density at radius 2 is 2.36 bits per heavy atom. The van der Waals surface area contributed by atoms with Crippen LogP contribution in [0.4, 0.5) is 5.69 Å². The minimum absolute atomic E-state index is 0.170. The molecule has 0 heterocycles. The van der Waals surface area contributed by atoms with E-state index >= 15 is 0 Å². The van der Waals surface area contributed by atoms with Crippen LogP contribution in [0.15, 0.2) is 18.2 Å². The van der Waals surface area contributed by atoms with Crippen LogP contribution in [-0.2, 0) is 4.79 Å². The highest BCUT2D eigenvalue weighted by Gasteiger charge is 2.04. The van der Waals surface area contributed by atoms with Gasteiger partial charge in [0.15, 0.2) is 0 Å². The number of halogens is 1. The molecule has 0 bridgehead atoms. The van der Waals surface area contributed by atoms with Crippen LogP contribution in [0, 0.1) is 0 Å². The minimum Gasteiger partial charge on any atom is -0.495 e. The van der Waals surface area contributed by atoms with Gasteiger partial charge in [-0.2, -0.15) is 0 Å². The zero-order valence-corrected chi connectivity index (χ0v) is 8.34. The molecule has 0 unspecified atom stereocenters. The summed E-state index contributed by atoms with van der Waals surface area (Å²) in [5, 5.41) is 11.7. The summed E-state index contributed by atoms with van der Waals surface area (Å²) in [6.07, 6.45) is 0. The zero-order chi connectivity index (χ0) is 10.6. The summed E-state index contributed by atoms with van der Waals surface area (Å²) in [5.41, 5.74) is 0.572. The third-order valence-electron chi connectivity index (χ3n) is 1.59. The third kappa shape index (κ3) is 2.81. The number of ether oxygens (including phenoxy) is 1. The predicted octanol–water partition coefficient (Wildman–Crippen LogP) is 1.85. The molecular weight excluding hydrogens is 206 g/mol. The standard InChI is InChI=1S/C9H10ClNO3/c1-14-8-3-2-6(10)4-7(8)11-5-9(12)13/h2-4,11H,5H2,1H3,(H,12,13). The Morgan fingerprint density at radius 1 is 1.64 bits per heavy atom. The molecule has 0 spiro atoms. The second-order valence-electron chi connectivity index (χ2n) is 2.59. The van der Waals surface area contributed by atoms with Crippen molar-refractivity contribution in [2.24, 2.45) is 0 Å². The van der Waals surface area contributed by atoms with Crippen LogP contribution in [0.5, 0.6) is 5.75 Å². The smallest absolute Gasteiger partial charge is 0.322 e. The average molecular weight is 216 g/mol. The first-order chi connectivity index (χ1) is 6.63. The van der Waals surface area contributed by atoms with E-state index in [9.17, 15) is 4.79 Å². The molecule has 0 amide bonds. The van der Waals surface area contributed by atoms with E-state index in [2.05, 4.69) is 5.32 Å². The molecule has 1 rings (SSSR count). The van der Waals surface area contributed by atoms with E-state index in [1.165, 1.54) is 7.11 Å². The van der Waals surface area contributed by atoms with Gasteiger partial charge in [-0.3, -0.25) is 4.79 Å². The summed E-state index contributed by atoms with van der Waals surface area (Å²) in [7, 11) is 1.51. The number of carbonyl (C=O) groups is 1. The van der Waals surface area contributed by atoms with E-state index in [0.717, 1.165) is 0 Å². The maximum absolute atomic E-state index is 10.3. The van der Waals surface area contributed by atoms with Gasteiger partial charge in [-0.1, -0.05) is 11.6 Å². The number of carboxylic acids is 1. The van der Waals surface area contributed by atoms with Gasteiger partial charge in [-0.05, 0) is 18.2 Å². The summed E-state index contributed by atoms with van der Waals surface area (Å²) >= 11 is 5.75. The third-order valence-corrected chi connectivity index (χ3v) is 1.83. The topological polar surface area (TPSA) is 58.6 Å². The molecule has 14 heavy (non-hydrogen) atoms. The van der Waals surface area contributed by atoms with Crippen molar-refractivity contribution in [3.05, 3.63) is 23.2 Å². The van der Waals surface area contributed by atoms with Crippen molar-refractivity contribution in [3.63, 3.8) is 0 Å². The molecule has 0 aromatic heterocycles. The van der Waals surface area contributed by atoms with Gasteiger partial charge in [-0.15, -0.1) is 0 Å². The van der Waals surface area contributed by atoms with E-state index in [1.807, 2.05) is 0 Å². The molecule has 76 valence electrons. The first kappa shape index (κ1) is 10.7. The maximum Gasteiger partial charge on any atom is 0.322 e. The Hall–Kier alpha value is -1.42. The monoisotopic (exact) mass is 215 g/mol. The highest BCUT2D eigenvalue weighted by molar-refractivity contribution is 6.30. The fraction of sp³-hybridized carbons (Fsp3) is 0.222. The van der Waals surface area contributed by atoms with Crippen molar-refractivity contribution >= 4 is 23.3 Å². The molecule has 0 aliphatic heterocycles. The van der Waals surface area contributed by atoms with Gasteiger partial charge in [0.25, 0.3) is 0 Å². The number of carboxylic acid groups (broad SMARTS) is 1. The van der Waals surface area contributed by atoms with Gasteiger partial charge in [-0.25, -0.2) is 0 Å². The first-order valence-corrected chi connectivity index (χ1v) is 4.30. The number of nitrogens with one attached hydrogen (secondary N) is 1. The molecule has 2 N–H and O–H groups in total. The largest absolute Gasteiger partial charge is 0.495 e. The number of hydrogen-bond donors (Lipinski definition) is 2. The Balaban J connectivity index is 2.82. The Morgan fingerprint density at radius 3 is 2.93 bits per heavy atom. The molecule has 1 aromatic carbocycles. The fourth-order valence-corrected chi connectivity index (χ4v) is 1.16. The average Bonchev–Trinajstić information content (AvgIpc) is 2.15. The van der Waals surface area contributed by atoms with Gasteiger partial charge in [0.2, 0.25) is 0 Å².